The van der Waals surface area contributed by atoms with Gasteiger partial charge in [0.25, 0.3) is 0 Å². The van der Waals surface area contributed by atoms with Crippen LogP contribution in [0.25, 0.3) is 0 Å². The molecule has 3 unspecified atom stereocenters. The first kappa shape index (κ1) is 16.1. The van der Waals surface area contributed by atoms with Gasteiger partial charge in [0.2, 0.25) is 0 Å². The third kappa shape index (κ3) is 4.62. The maximum absolute atomic E-state index is 5.00. The molecule has 0 saturated carbocycles. The van der Waals surface area contributed by atoms with E-state index in [9.17, 15) is 0 Å². The molecule has 1 aromatic heterocycles. The van der Waals surface area contributed by atoms with Crippen LogP contribution in [0.3, 0.4) is 0 Å². The van der Waals surface area contributed by atoms with E-state index < -0.39 is 0 Å². The van der Waals surface area contributed by atoms with Crippen molar-refractivity contribution in [3.8, 4) is 0 Å². The molecule has 1 fully saturated rings. The number of rotatable bonds is 6. The van der Waals surface area contributed by atoms with E-state index in [2.05, 4.69) is 29.1 Å². The van der Waals surface area contributed by atoms with Gasteiger partial charge in [-0.1, -0.05) is 13.8 Å². The zero-order chi connectivity index (χ0) is 14.4. The summed E-state index contributed by atoms with van der Waals surface area (Å²) in [4.78, 5) is 9.09. The Bertz CT molecular complexity index is 402. The lowest BCUT2D eigenvalue weighted by atomic mass is 10.3. The molecule has 1 saturated heterocycles. The molecule has 112 valence electrons. The summed E-state index contributed by atoms with van der Waals surface area (Å²) in [5.74, 6) is 2.09. The lowest BCUT2D eigenvalue weighted by Crippen LogP contribution is -2.23. The highest BCUT2D eigenvalue weighted by Crippen LogP contribution is 2.42. The lowest BCUT2D eigenvalue weighted by molar-refractivity contribution is 0.199. The molecule has 0 spiro atoms. The van der Waals surface area contributed by atoms with Gasteiger partial charge in [-0.2, -0.15) is 11.8 Å². The summed E-state index contributed by atoms with van der Waals surface area (Å²) in [5, 5.41) is 5.12. The zero-order valence-corrected chi connectivity index (χ0v) is 14.0. The van der Waals surface area contributed by atoms with E-state index in [1.54, 1.807) is 7.11 Å². The summed E-state index contributed by atoms with van der Waals surface area (Å²) in [7, 11) is 1.71. The van der Waals surface area contributed by atoms with Gasteiger partial charge in [0.1, 0.15) is 5.82 Å². The number of hydrogen-bond donors (Lipinski definition) is 1. The average molecular weight is 313 g/mol. The molecule has 4 nitrogen and oxygen atoms in total. The molecule has 1 aliphatic rings. The standard InChI is InChI=1S/C14H23N3OS2/c1-10-11(2)20-13(9-19-10)14-16-7-12(8-17-14)6-15-4-5-18-3/h7-8,10-11,13,15H,4-6,9H2,1-3H3. The maximum Gasteiger partial charge on any atom is 0.142 e. The second-order valence-electron chi connectivity index (χ2n) is 4.99. The summed E-state index contributed by atoms with van der Waals surface area (Å²) in [6, 6.07) is 0. The minimum atomic E-state index is 0.432. The van der Waals surface area contributed by atoms with Crippen molar-refractivity contribution in [3.05, 3.63) is 23.8 Å². The summed E-state index contributed by atoms with van der Waals surface area (Å²) in [5.41, 5.74) is 1.12. The molecule has 1 aromatic rings. The van der Waals surface area contributed by atoms with E-state index in [0.29, 0.717) is 10.5 Å². The van der Waals surface area contributed by atoms with E-state index in [4.69, 9.17) is 4.74 Å². The quantitative estimate of drug-likeness (QED) is 0.814. The number of nitrogens with one attached hydrogen (secondary N) is 1. The average Bonchev–Trinajstić information content (AvgIpc) is 2.47. The highest BCUT2D eigenvalue weighted by Gasteiger charge is 2.28. The van der Waals surface area contributed by atoms with Crippen molar-refractivity contribution in [1.29, 1.82) is 0 Å². The fourth-order valence-corrected chi connectivity index (χ4v) is 4.81. The van der Waals surface area contributed by atoms with Gasteiger partial charge >= 0.3 is 0 Å². The molecule has 3 atom stereocenters. The highest BCUT2D eigenvalue weighted by molar-refractivity contribution is 8.07. The molecule has 0 aromatic carbocycles. The molecule has 0 radical (unpaired) electrons. The fraction of sp³-hybridized carbons (Fsp3) is 0.714. The number of ether oxygens (including phenoxy) is 1. The largest absolute Gasteiger partial charge is 0.383 e. The molecule has 0 aliphatic carbocycles. The molecule has 6 heteroatoms. The van der Waals surface area contributed by atoms with Crippen LogP contribution in [-0.4, -0.2) is 46.5 Å². The summed E-state index contributed by atoms with van der Waals surface area (Å²) >= 11 is 4.03. The fourth-order valence-electron chi connectivity index (χ4n) is 1.95. The number of thioether (sulfide) groups is 2. The Hall–Kier alpha value is -0.300. The topological polar surface area (TPSA) is 47.0 Å². The summed E-state index contributed by atoms with van der Waals surface area (Å²) < 4.78 is 5.00. The summed E-state index contributed by atoms with van der Waals surface area (Å²) in [6.45, 7) is 6.97. The van der Waals surface area contributed by atoms with Gasteiger partial charge in [0.05, 0.1) is 11.9 Å². The van der Waals surface area contributed by atoms with Gasteiger partial charge in [0, 0.05) is 54.4 Å². The van der Waals surface area contributed by atoms with Crippen LogP contribution in [0.5, 0.6) is 0 Å². The number of methoxy groups -OCH3 is 1. The van der Waals surface area contributed by atoms with Crippen molar-refractivity contribution >= 4 is 23.5 Å². The summed E-state index contributed by atoms with van der Waals surface area (Å²) in [6.07, 6.45) is 3.88. The SMILES string of the molecule is COCCNCc1cnc(C2CSC(C)C(C)S2)nc1. The Kier molecular flexibility index (Phi) is 6.61. The van der Waals surface area contributed by atoms with Crippen molar-refractivity contribution in [1.82, 2.24) is 15.3 Å². The van der Waals surface area contributed by atoms with Crippen LogP contribution in [0.1, 0.15) is 30.5 Å². The van der Waals surface area contributed by atoms with Crippen LogP contribution < -0.4 is 5.32 Å². The molecule has 20 heavy (non-hydrogen) atoms. The lowest BCUT2D eigenvalue weighted by Gasteiger charge is -2.30. The van der Waals surface area contributed by atoms with Crippen LogP contribution in [0.2, 0.25) is 0 Å². The number of nitrogens with zero attached hydrogens (tertiary/aromatic N) is 2. The van der Waals surface area contributed by atoms with Gasteiger partial charge < -0.3 is 10.1 Å². The van der Waals surface area contributed by atoms with Crippen molar-refractivity contribution in [2.75, 3.05) is 26.0 Å². The van der Waals surface area contributed by atoms with Gasteiger partial charge in [-0.15, -0.1) is 11.8 Å². The number of hydrogen-bond acceptors (Lipinski definition) is 6. The third-order valence-electron chi connectivity index (χ3n) is 3.38. The van der Waals surface area contributed by atoms with E-state index in [1.807, 2.05) is 35.9 Å². The predicted molar refractivity (Wildman–Crippen MR) is 87.3 cm³/mol. The Balaban J connectivity index is 1.85. The van der Waals surface area contributed by atoms with Crippen LogP contribution in [-0.2, 0) is 11.3 Å². The number of aromatic nitrogens is 2. The third-order valence-corrected chi connectivity index (χ3v) is 6.76. The minimum absolute atomic E-state index is 0.432. The zero-order valence-electron chi connectivity index (χ0n) is 12.3. The molecular weight excluding hydrogens is 290 g/mol. The van der Waals surface area contributed by atoms with E-state index >= 15 is 0 Å². The van der Waals surface area contributed by atoms with Crippen molar-refractivity contribution in [2.24, 2.45) is 0 Å². The molecule has 1 aliphatic heterocycles. The molecule has 1 N–H and O–H groups in total. The van der Waals surface area contributed by atoms with Crippen molar-refractivity contribution < 1.29 is 4.74 Å². The van der Waals surface area contributed by atoms with Crippen LogP contribution in [0, 0.1) is 0 Å². The Morgan fingerprint density at radius 2 is 2.05 bits per heavy atom. The normalized spacial score (nSPS) is 26.6. The van der Waals surface area contributed by atoms with Gasteiger partial charge in [0.15, 0.2) is 0 Å². The second-order valence-corrected chi connectivity index (χ2v) is 7.98. The smallest absolute Gasteiger partial charge is 0.142 e. The van der Waals surface area contributed by atoms with Crippen LogP contribution in [0.4, 0.5) is 0 Å². The first-order valence-electron chi connectivity index (χ1n) is 6.98. The molecular formula is C14H23N3OS2. The first-order valence-corrected chi connectivity index (χ1v) is 8.97. The maximum atomic E-state index is 5.00. The molecule has 2 rings (SSSR count). The minimum Gasteiger partial charge on any atom is -0.383 e. The Morgan fingerprint density at radius 3 is 2.70 bits per heavy atom. The van der Waals surface area contributed by atoms with E-state index in [0.717, 1.165) is 42.1 Å². The monoisotopic (exact) mass is 313 g/mol. The first-order chi connectivity index (χ1) is 9.70. The van der Waals surface area contributed by atoms with Crippen LogP contribution >= 0.6 is 23.5 Å². The van der Waals surface area contributed by atoms with Gasteiger partial charge in [-0.25, -0.2) is 9.97 Å². The second kappa shape index (κ2) is 8.22. The Labute approximate surface area is 129 Å². The van der Waals surface area contributed by atoms with Crippen molar-refractivity contribution in [3.63, 3.8) is 0 Å². The Morgan fingerprint density at radius 1 is 1.30 bits per heavy atom. The van der Waals surface area contributed by atoms with Crippen molar-refractivity contribution in [2.45, 2.75) is 36.1 Å². The van der Waals surface area contributed by atoms with Crippen LogP contribution in [0.15, 0.2) is 12.4 Å². The molecule has 0 amide bonds. The highest BCUT2D eigenvalue weighted by atomic mass is 32.2. The van der Waals surface area contributed by atoms with Gasteiger partial charge in [-0.05, 0) is 0 Å². The van der Waals surface area contributed by atoms with E-state index in [1.165, 1.54) is 0 Å². The molecule has 2 heterocycles. The predicted octanol–water partition coefficient (Wildman–Crippen LogP) is 2.51. The van der Waals surface area contributed by atoms with Gasteiger partial charge in [-0.3, -0.25) is 0 Å². The van der Waals surface area contributed by atoms with E-state index in [-0.39, 0.29) is 0 Å². The molecule has 0 bridgehead atoms.